The highest BCUT2D eigenvalue weighted by Gasteiger charge is 2.04. The lowest BCUT2D eigenvalue weighted by Gasteiger charge is -2.04. The van der Waals surface area contributed by atoms with Gasteiger partial charge >= 0.3 is 0 Å². The number of hydrogen-bond acceptors (Lipinski definition) is 5. The van der Waals surface area contributed by atoms with Crippen LogP contribution < -0.4 is 10.1 Å². The van der Waals surface area contributed by atoms with Crippen LogP contribution in [0.4, 0.5) is 10.8 Å². The summed E-state index contributed by atoms with van der Waals surface area (Å²) >= 11 is 1.64. The van der Waals surface area contributed by atoms with Crippen molar-refractivity contribution in [3.8, 4) is 5.88 Å². The Labute approximate surface area is 121 Å². The summed E-state index contributed by atoms with van der Waals surface area (Å²) in [7, 11) is 0. The second kappa shape index (κ2) is 5.46. The van der Waals surface area contributed by atoms with Gasteiger partial charge in [-0.2, -0.15) is 0 Å². The summed E-state index contributed by atoms with van der Waals surface area (Å²) in [6.45, 7) is 4.65. The third-order valence-corrected chi connectivity index (χ3v) is 3.76. The molecule has 2 aromatic heterocycles. The fourth-order valence-corrected chi connectivity index (χ4v) is 2.88. The smallest absolute Gasteiger partial charge is 0.213 e. The summed E-state index contributed by atoms with van der Waals surface area (Å²) in [5.74, 6) is 0.637. The van der Waals surface area contributed by atoms with Gasteiger partial charge in [0, 0.05) is 6.07 Å². The predicted molar refractivity (Wildman–Crippen MR) is 83.0 cm³/mol. The second-order valence-corrected chi connectivity index (χ2v) is 5.46. The Bertz CT molecular complexity index is 722. The van der Waals surface area contributed by atoms with Gasteiger partial charge in [0.2, 0.25) is 5.88 Å². The van der Waals surface area contributed by atoms with Crippen molar-refractivity contribution < 1.29 is 4.74 Å². The minimum Gasteiger partial charge on any atom is -0.478 e. The van der Waals surface area contributed by atoms with E-state index in [9.17, 15) is 0 Å². The van der Waals surface area contributed by atoms with Gasteiger partial charge in [-0.1, -0.05) is 17.4 Å². The normalized spacial score (nSPS) is 10.7. The highest BCUT2D eigenvalue weighted by Crippen LogP contribution is 2.29. The van der Waals surface area contributed by atoms with Gasteiger partial charge in [0.05, 0.1) is 28.7 Å². The first-order valence-corrected chi connectivity index (χ1v) is 7.29. The number of aryl methyl sites for hydroxylation is 1. The molecule has 4 nitrogen and oxygen atoms in total. The van der Waals surface area contributed by atoms with Crippen molar-refractivity contribution in [3.63, 3.8) is 0 Å². The van der Waals surface area contributed by atoms with E-state index in [0.29, 0.717) is 12.5 Å². The van der Waals surface area contributed by atoms with Crippen LogP contribution in [0.25, 0.3) is 10.2 Å². The molecule has 0 aliphatic heterocycles. The van der Waals surface area contributed by atoms with Crippen LogP contribution in [-0.2, 0) is 0 Å². The zero-order chi connectivity index (χ0) is 13.9. The molecule has 0 radical (unpaired) electrons. The lowest BCUT2D eigenvalue weighted by atomic mass is 10.2. The summed E-state index contributed by atoms with van der Waals surface area (Å²) in [5, 5.41) is 4.14. The maximum Gasteiger partial charge on any atom is 0.213 e. The molecule has 0 aliphatic rings. The molecule has 0 spiro atoms. The molecule has 20 heavy (non-hydrogen) atoms. The van der Waals surface area contributed by atoms with Crippen LogP contribution in [0, 0.1) is 6.92 Å². The number of anilines is 2. The Balaban J connectivity index is 1.81. The lowest BCUT2D eigenvalue weighted by molar-refractivity contribution is 0.327. The highest BCUT2D eigenvalue weighted by atomic mass is 32.1. The van der Waals surface area contributed by atoms with Gasteiger partial charge in [-0.05, 0) is 37.6 Å². The van der Waals surface area contributed by atoms with Crippen molar-refractivity contribution in [1.82, 2.24) is 9.97 Å². The SMILES string of the molecule is CCOc1ccc(Nc2nc3ccc(C)cc3s2)cn1. The molecule has 0 aliphatic carbocycles. The zero-order valence-corrected chi connectivity index (χ0v) is 12.2. The molecule has 0 unspecified atom stereocenters. The van der Waals surface area contributed by atoms with Gasteiger partial charge in [0.15, 0.2) is 5.13 Å². The van der Waals surface area contributed by atoms with Crippen LogP contribution in [0.15, 0.2) is 36.5 Å². The third kappa shape index (κ3) is 2.72. The molecule has 3 rings (SSSR count). The van der Waals surface area contributed by atoms with E-state index in [1.165, 1.54) is 10.3 Å². The summed E-state index contributed by atoms with van der Waals surface area (Å²) in [4.78, 5) is 8.78. The van der Waals surface area contributed by atoms with Crippen molar-refractivity contribution in [2.24, 2.45) is 0 Å². The summed E-state index contributed by atoms with van der Waals surface area (Å²) < 4.78 is 6.51. The first kappa shape index (κ1) is 12.9. The molecule has 102 valence electrons. The van der Waals surface area contributed by atoms with Gasteiger partial charge in [-0.3, -0.25) is 0 Å². The fraction of sp³-hybridized carbons (Fsp3) is 0.200. The molecular weight excluding hydrogens is 270 g/mol. The summed E-state index contributed by atoms with van der Waals surface area (Å²) in [5.41, 5.74) is 3.17. The van der Waals surface area contributed by atoms with Crippen LogP contribution in [0.1, 0.15) is 12.5 Å². The monoisotopic (exact) mass is 285 g/mol. The number of aromatic nitrogens is 2. The van der Waals surface area contributed by atoms with Gasteiger partial charge in [-0.15, -0.1) is 0 Å². The molecule has 0 amide bonds. The molecule has 5 heteroatoms. The first-order chi connectivity index (χ1) is 9.74. The van der Waals surface area contributed by atoms with E-state index < -0.39 is 0 Å². The van der Waals surface area contributed by atoms with E-state index in [0.717, 1.165) is 16.3 Å². The molecule has 0 fully saturated rings. The average Bonchev–Trinajstić information content (AvgIpc) is 2.82. The zero-order valence-electron chi connectivity index (χ0n) is 11.4. The molecule has 1 aromatic carbocycles. The van der Waals surface area contributed by atoms with E-state index in [-0.39, 0.29) is 0 Å². The molecule has 0 saturated heterocycles. The van der Waals surface area contributed by atoms with Crippen molar-refractivity contribution in [2.75, 3.05) is 11.9 Å². The summed E-state index contributed by atoms with van der Waals surface area (Å²) in [6.07, 6.45) is 1.75. The van der Waals surface area contributed by atoms with Crippen LogP contribution >= 0.6 is 11.3 Å². The van der Waals surface area contributed by atoms with E-state index >= 15 is 0 Å². The topological polar surface area (TPSA) is 47.0 Å². The second-order valence-electron chi connectivity index (χ2n) is 4.43. The van der Waals surface area contributed by atoms with Crippen LogP contribution in [0.2, 0.25) is 0 Å². The summed E-state index contributed by atoms with van der Waals surface area (Å²) in [6, 6.07) is 10.1. The number of fused-ring (bicyclic) bond motifs is 1. The molecule has 3 aromatic rings. The van der Waals surface area contributed by atoms with E-state index in [1.54, 1.807) is 17.5 Å². The van der Waals surface area contributed by atoms with Gasteiger partial charge in [0.1, 0.15) is 0 Å². The molecule has 0 saturated carbocycles. The Morgan fingerprint density at radius 1 is 1.25 bits per heavy atom. The fourth-order valence-electron chi connectivity index (χ4n) is 1.90. The van der Waals surface area contributed by atoms with Gasteiger partial charge in [-0.25, -0.2) is 9.97 Å². The number of pyridine rings is 1. The van der Waals surface area contributed by atoms with Crippen molar-refractivity contribution >= 4 is 32.4 Å². The number of thiazole rings is 1. The average molecular weight is 285 g/mol. The van der Waals surface area contributed by atoms with E-state index in [4.69, 9.17) is 4.74 Å². The molecular formula is C15H15N3OS. The number of rotatable bonds is 4. The van der Waals surface area contributed by atoms with Crippen molar-refractivity contribution in [1.29, 1.82) is 0 Å². The molecule has 1 N–H and O–H groups in total. The highest BCUT2D eigenvalue weighted by molar-refractivity contribution is 7.22. The number of nitrogens with one attached hydrogen (secondary N) is 1. The lowest BCUT2D eigenvalue weighted by Crippen LogP contribution is -1.95. The minimum absolute atomic E-state index is 0.622. The van der Waals surface area contributed by atoms with E-state index in [2.05, 4.69) is 34.3 Å². The van der Waals surface area contributed by atoms with Crippen LogP contribution in [0.3, 0.4) is 0 Å². The van der Waals surface area contributed by atoms with Gasteiger partial charge in [0.25, 0.3) is 0 Å². The standard InChI is InChI=1S/C15H15N3OS/c1-3-19-14-7-5-11(9-16-14)17-15-18-12-6-4-10(2)8-13(12)20-15/h4-9H,3H2,1-2H3,(H,17,18). The van der Waals surface area contributed by atoms with Crippen molar-refractivity contribution in [2.45, 2.75) is 13.8 Å². The van der Waals surface area contributed by atoms with Crippen molar-refractivity contribution in [3.05, 3.63) is 42.1 Å². The Hall–Kier alpha value is -2.14. The first-order valence-electron chi connectivity index (χ1n) is 6.47. The number of benzene rings is 1. The Kier molecular flexibility index (Phi) is 3.52. The van der Waals surface area contributed by atoms with Gasteiger partial charge < -0.3 is 10.1 Å². The van der Waals surface area contributed by atoms with Crippen LogP contribution in [-0.4, -0.2) is 16.6 Å². The Morgan fingerprint density at radius 2 is 2.15 bits per heavy atom. The number of hydrogen-bond donors (Lipinski definition) is 1. The minimum atomic E-state index is 0.622. The maximum atomic E-state index is 5.32. The molecule has 2 heterocycles. The maximum absolute atomic E-state index is 5.32. The Morgan fingerprint density at radius 3 is 2.90 bits per heavy atom. The molecule has 0 atom stereocenters. The van der Waals surface area contributed by atoms with E-state index in [1.807, 2.05) is 25.1 Å². The third-order valence-electron chi connectivity index (χ3n) is 2.82. The quantitative estimate of drug-likeness (QED) is 0.782. The van der Waals surface area contributed by atoms with Crippen LogP contribution in [0.5, 0.6) is 5.88 Å². The molecule has 0 bridgehead atoms. The largest absolute Gasteiger partial charge is 0.478 e. The predicted octanol–water partition coefficient (Wildman–Crippen LogP) is 4.14. The number of ether oxygens (including phenoxy) is 1. The number of nitrogens with zero attached hydrogens (tertiary/aromatic N) is 2.